The quantitative estimate of drug-likeness (QED) is 0.246. The lowest BCUT2D eigenvalue weighted by Crippen LogP contribution is -2.39. The van der Waals surface area contributed by atoms with Crippen LogP contribution >= 0.6 is 22.9 Å². The molecule has 10 heteroatoms. The Morgan fingerprint density at radius 2 is 2.04 bits per heavy atom. The van der Waals surface area contributed by atoms with Crippen molar-refractivity contribution in [3.8, 4) is 0 Å². The molecule has 0 aliphatic rings. The highest BCUT2D eigenvalue weighted by atomic mass is 35.5. The predicted molar refractivity (Wildman–Crippen MR) is 111 cm³/mol. The number of nitrogens with zero attached hydrogens (tertiary/aromatic N) is 2. The third-order valence-corrected chi connectivity index (χ3v) is 6.67. The molecule has 0 fully saturated rings. The first kappa shape index (κ1) is 21.6. The van der Waals surface area contributed by atoms with Gasteiger partial charge >= 0.3 is 0 Å². The highest BCUT2D eigenvalue weighted by Gasteiger charge is 2.15. The number of aromatic nitrogens is 1. The summed E-state index contributed by atoms with van der Waals surface area (Å²) in [6, 6.07) is 7.10. The van der Waals surface area contributed by atoms with E-state index in [1.54, 1.807) is 24.4 Å². The van der Waals surface area contributed by atoms with Gasteiger partial charge in [0, 0.05) is 30.7 Å². The van der Waals surface area contributed by atoms with Gasteiger partial charge in [0.15, 0.2) is 5.96 Å². The van der Waals surface area contributed by atoms with Gasteiger partial charge in [0.05, 0.1) is 6.54 Å². The standard InChI is InChI=1S/C17H24ClN5O2S2/c1-3-19-17(20-9-8-14-5-6-15(18)22-12-14)21-10-11-23-27(24,25)16-7-4-13(2)26-16/h4-7,12,23H,3,8-11H2,1-2H3,(H2,19,20,21). The van der Waals surface area contributed by atoms with Gasteiger partial charge in [-0.2, -0.15) is 0 Å². The molecule has 0 spiro atoms. The van der Waals surface area contributed by atoms with E-state index in [9.17, 15) is 8.42 Å². The van der Waals surface area contributed by atoms with Crippen molar-refractivity contribution in [1.82, 2.24) is 20.3 Å². The summed E-state index contributed by atoms with van der Waals surface area (Å²) in [5.74, 6) is 0.644. The Morgan fingerprint density at radius 3 is 2.67 bits per heavy atom. The average Bonchev–Trinajstić information content (AvgIpc) is 3.08. The van der Waals surface area contributed by atoms with Crippen LogP contribution in [0.25, 0.3) is 0 Å². The molecule has 0 bridgehead atoms. The number of hydrogen-bond donors (Lipinski definition) is 3. The number of guanidine groups is 1. The lowest BCUT2D eigenvalue weighted by atomic mass is 10.2. The van der Waals surface area contributed by atoms with Gasteiger partial charge in [-0.1, -0.05) is 17.7 Å². The van der Waals surface area contributed by atoms with E-state index in [2.05, 4.69) is 25.3 Å². The highest BCUT2D eigenvalue weighted by Crippen LogP contribution is 2.19. The smallest absolute Gasteiger partial charge is 0.250 e. The minimum Gasteiger partial charge on any atom is -0.357 e. The second-order valence-corrected chi connectivity index (χ2v) is 9.36. The molecule has 0 saturated heterocycles. The number of rotatable bonds is 9. The molecule has 0 aromatic carbocycles. The maximum Gasteiger partial charge on any atom is 0.250 e. The van der Waals surface area contributed by atoms with Crippen molar-refractivity contribution < 1.29 is 8.42 Å². The van der Waals surface area contributed by atoms with Crippen molar-refractivity contribution >= 4 is 38.9 Å². The van der Waals surface area contributed by atoms with Crippen molar-refractivity contribution in [2.45, 2.75) is 24.5 Å². The molecule has 0 saturated carbocycles. The van der Waals surface area contributed by atoms with Gasteiger partial charge in [-0.25, -0.2) is 18.1 Å². The number of thiophene rings is 1. The Balaban J connectivity index is 1.79. The van der Waals surface area contributed by atoms with E-state index in [0.717, 1.165) is 16.9 Å². The Hall–Kier alpha value is -1.68. The zero-order chi connectivity index (χ0) is 19.7. The van der Waals surface area contributed by atoms with Gasteiger partial charge in [0.1, 0.15) is 9.36 Å². The molecule has 2 heterocycles. The monoisotopic (exact) mass is 429 g/mol. The molecule has 0 atom stereocenters. The van der Waals surface area contributed by atoms with E-state index in [4.69, 9.17) is 11.6 Å². The van der Waals surface area contributed by atoms with Crippen LogP contribution < -0.4 is 15.4 Å². The molecule has 0 amide bonds. The Morgan fingerprint density at radius 1 is 1.22 bits per heavy atom. The summed E-state index contributed by atoms with van der Waals surface area (Å²) in [5, 5.41) is 6.83. The van der Waals surface area contributed by atoms with E-state index in [0.29, 0.717) is 35.0 Å². The lowest BCUT2D eigenvalue weighted by molar-refractivity contribution is 0.584. The van der Waals surface area contributed by atoms with Crippen molar-refractivity contribution in [3.63, 3.8) is 0 Å². The summed E-state index contributed by atoms with van der Waals surface area (Å²) in [4.78, 5) is 9.41. The fourth-order valence-electron chi connectivity index (χ4n) is 2.20. The number of nitrogens with one attached hydrogen (secondary N) is 3. The predicted octanol–water partition coefficient (Wildman–Crippen LogP) is 2.18. The van der Waals surface area contributed by atoms with E-state index < -0.39 is 10.0 Å². The molecule has 2 aromatic heterocycles. The van der Waals surface area contributed by atoms with Gasteiger partial charge in [0.2, 0.25) is 10.0 Å². The van der Waals surface area contributed by atoms with E-state index >= 15 is 0 Å². The van der Waals surface area contributed by atoms with Crippen LogP contribution in [0.3, 0.4) is 0 Å². The zero-order valence-electron chi connectivity index (χ0n) is 15.3. The van der Waals surface area contributed by atoms with E-state index in [-0.39, 0.29) is 6.54 Å². The maximum absolute atomic E-state index is 12.2. The van der Waals surface area contributed by atoms with Crippen LogP contribution in [0.4, 0.5) is 0 Å². The first-order valence-corrected chi connectivity index (χ1v) is 11.3. The van der Waals surface area contributed by atoms with E-state index in [1.807, 2.05) is 19.9 Å². The van der Waals surface area contributed by atoms with Crippen molar-refractivity contribution in [2.75, 3.05) is 26.2 Å². The lowest BCUT2D eigenvalue weighted by Gasteiger charge is -2.11. The van der Waals surface area contributed by atoms with Gasteiger partial charge in [-0.3, -0.25) is 4.99 Å². The molecule has 27 heavy (non-hydrogen) atoms. The number of hydrogen-bond acceptors (Lipinski definition) is 5. The number of halogens is 1. The van der Waals surface area contributed by atoms with Crippen LogP contribution in [0, 0.1) is 6.92 Å². The van der Waals surface area contributed by atoms with Crippen LogP contribution in [0.1, 0.15) is 17.4 Å². The van der Waals surface area contributed by atoms with Crippen molar-refractivity contribution in [2.24, 2.45) is 4.99 Å². The minimum absolute atomic E-state index is 0.233. The van der Waals surface area contributed by atoms with Gasteiger partial charge in [0.25, 0.3) is 0 Å². The summed E-state index contributed by atoms with van der Waals surface area (Å²) >= 11 is 7.03. The largest absolute Gasteiger partial charge is 0.357 e. The van der Waals surface area contributed by atoms with Crippen LogP contribution in [0.15, 0.2) is 39.7 Å². The molecule has 0 radical (unpaired) electrons. The fraction of sp³-hybridized carbons (Fsp3) is 0.412. The molecular formula is C17H24ClN5O2S2. The molecule has 148 valence electrons. The number of sulfonamides is 1. The van der Waals surface area contributed by atoms with Crippen LogP contribution in [0.5, 0.6) is 0 Å². The van der Waals surface area contributed by atoms with Gasteiger partial charge in [-0.05, 0) is 44.0 Å². The molecule has 0 aliphatic heterocycles. The van der Waals surface area contributed by atoms with E-state index in [1.165, 1.54) is 11.3 Å². The highest BCUT2D eigenvalue weighted by molar-refractivity contribution is 7.91. The minimum atomic E-state index is -3.47. The summed E-state index contributed by atoms with van der Waals surface area (Å²) < 4.78 is 27.2. The average molecular weight is 430 g/mol. The Labute approximate surface area is 169 Å². The molecule has 0 unspecified atom stereocenters. The SMILES string of the molecule is CCNC(=NCCNS(=O)(=O)c1ccc(C)s1)NCCc1ccc(Cl)nc1. The zero-order valence-corrected chi connectivity index (χ0v) is 17.7. The third kappa shape index (κ3) is 7.45. The van der Waals surface area contributed by atoms with Gasteiger partial charge < -0.3 is 10.6 Å². The van der Waals surface area contributed by atoms with Crippen molar-refractivity contribution in [3.05, 3.63) is 46.1 Å². The number of aryl methyl sites for hydroxylation is 1. The Kier molecular flexibility index (Phi) is 8.49. The number of pyridine rings is 1. The second-order valence-electron chi connectivity index (χ2n) is 5.69. The molecular weight excluding hydrogens is 406 g/mol. The van der Waals surface area contributed by atoms with Crippen LogP contribution in [-0.4, -0.2) is 45.5 Å². The molecule has 2 aromatic rings. The molecule has 2 rings (SSSR count). The molecule has 0 aliphatic carbocycles. The summed E-state index contributed by atoms with van der Waals surface area (Å²) in [6.07, 6.45) is 2.52. The normalized spacial score (nSPS) is 12.2. The summed E-state index contributed by atoms with van der Waals surface area (Å²) in [6.45, 7) is 5.81. The van der Waals surface area contributed by atoms with Crippen LogP contribution in [0.2, 0.25) is 5.15 Å². The third-order valence-electron chi connectivity index (χ3n) is 3.49. The van der Waals surface area contributed by atoms with Crippen LogP contribution in [-0.2, 0) is 16.4 Å². The first-order chi connectivity index (χ1) is 12.9. The Bertz CT molecular complexity index is 850. The first-order valence-electron chi connectivity index (χ1n) is 8.59. The summed E-state index contributed by atoms with van der Waals surface area (Å²) in [5.41, 5.74) is 1.07. The van der Waals surface area contributed by atoms with Crippen molar-refractivity contribution in [1.29, 1.82) is 0 Å². The summed E-state index contributed by atoms with van der Waals surface area (Å²) in [7, 11) is -3.47. The topological polar surface area (TPSA) is 95.5 Å². The van der Waals surface area contributed by atoms with Gasteiger partial charge in [-0.15, -0.1) is 11.3 Å². The molecule has 3 N–H and O–H groups in total. The second kappa shape index (κ2) is 10.6. The fourth-order valence-corrected chi connectivity index (χ4v) is 4.66. The maximum atomic E-state index is 12.2. The molecule has 7 nitrogen and oxygen atoms in total. The number of aliphatic imine (C=N–C) groups is 1.